The molecule has 0 radical (unpaired) electrons. The summed E-state index contributed by atoms with van der Waals surface area (Å²) in [6.45, 7) is 12.8. The van der Waals surface area contributed by atoms with Gasteiger partial charge < -0.3 is 0 Å². The van der Waals surface area contributed by atoms with Crippen LogP contribution >= 0.6 is 0 Å². The SMILES string of the molecule is CC(=O)c1c(C)cc(C)c(CN2CCCC(CNS(=O)(=O)c3ccc(C)cc3)C2)c1C. The number of likely N-dealkylation sites (tertiary alicyclic amines) is 1. The van der Waals surface area contributed by atoms with Crippen molar-refractivity contribution >= 4 is 15.8 Å². The summed E-state index contributed by atoms with van der Waals surface area (Å²) in [5.41, 5.74) is 6.41. The van der Waals surface area contributed by atoms with Gasteiger partial charge in [-0.15, -0.1) is 0 Å². The number of hydrogen-bond acceptors (Lipinski definition) is 4. The molecule has 0 spiro atoms. The second-order valence-electron chi connectivity index (χ2n) is 8.95. The van der Waals surface area contributed by atoms with E-state index in [-0.39, 0.29) is 11.7 Å². The van der Waals surface area contributed by atoms with Crippen LogP contribution in [0.3, 0.4) is 0 Å². The van der Waals surface area contributed by atoms with Crippen LogP contribution in [0.5, 0.6) is 0 Å². The minimum Gasteiger partial charge on any atom is -0.299 e. The van der Waals surface area contributed by atoms with Crippen molar-refractivity contribution in [2.45, 2.75) is 58.9 Å². The molecule has 1 aliphatic rings. The van der Waals surface area contributed by atoms with Gasteiger partial charge in [0.1, 0.15) is 0 Å². The van der Waals surface area contributed by atoms with Crippen molar-refractivity contribution < 1.29 is 13.2 Å². The molecule has 0 amide bonds. The van der Waals surface area contributed by atoms with E-state index in [2.05, 4.69) is 22.6 Å². The third kappa shape index (κ3) is 5.62. The fourth-order valence-electron chi connectivity index (χ4n) is 4.72. The average Bonchev–Trinajstić information content (AvgIpc) is 2.70. The summed E-state index contributed by atoms with van der Waals surface area (Å²) in [7, 11) is -3.49. The third-order valence-electron chi connectivity index (χ3n) is 6.36. The molecule has 1 N–H and O–H groups in total. The van der Waals surface area contributed by atoms with Gasteiger partial charge in [0.15, 0.2) is 5.78 Å². The van der Waals surface area contributed by atoms with Gasteiger partial charge >= 0.3 is 0 Å². The normalized spacial score (nSPS) is 17.6. The van der Waals surface area contributed by atoms with Gasteiger partial charge in [0, 0.05) is 25.2 Å². The van der Waals surface area contributed by atoms with Crippen molar-refractivity contribution in [1.82, 2.24) is 9.62 Å². The molecular weight excluding hydrogens is 408 g/mol. The van der Waals surface area contributed by atoms with Crippen LogP contribution in [-0.4, -0.2) is 38.7 Å². The van der Waals surface area contributed by atoms with E-state index >= 15 is 0 Å². The van der Waals surface area contributed by atoms with Crippen molar-refractivity contribution in [1.29, 1.82) is 0 Å². The highest BCUT2D eigenvalue weighted by Crippen LogP contribution is 2.26. The van der Waals surface area contributed by atoms with E-state index in [4.69, 9.17) is 0 Å². The molecule has 31 heavy (non-hydrogen) atoms. The molecule has 168 valence electrons. The van der Waals surface area contributed by atoms with E-state index in [0.29, 0.717) is 11.4 Å². The van der Waals surface area contributed by atoms with Crippen molar-refractivity contribution in [3.63, 3.8) is 0 Å². The zero-order valence-corrected chi connectivity index (χ0v) is 20.1. The van der Waals surface area contributed by atoms with Gasteiger partial charge in [-0.1, -0.05) is 23.8 Å². The maximum Gasteiger partial charge on any atom is 0.240 e. The molecule has 2 aromatic carbocycles. The van der Waals surface area contributed by atoms with E-state index < -0.39 is 10.0 Å². The number of nitrogens with one attached hydrogen (secondary N) is 1. The first-order valence-corrected chi connectivity index (χ1v) is 12.5. The van der Waals surface area contributed by atoms with Crippen LogP contribution in [0.2, 0.25) is 0 Å². The molecule has 3 rings (SSSR count). The fourth-order valence-corrected chi connectivity index (χ4v) is 5.84. The predicted molar refractivity (Wildman–Crippen MR) is 125 cm³/mol. The van der Waals surface area contributed by atoms with Crippen LogP contribution in [0.1, 0.15) is 57.9 Å². The molecule has 0 aromatic heterocycles. The molecule has 2 aromatic rings. The fraction of sp³-hybridized carbons (Fsp3) is 0.480. The number of carbonyl (C=O) groups is 1. The second kappa shape index (κ2) is 9.63. The Morgan fingerprint density at radius 1 is 1.10 bits per heavy atom. The van der Waals surface area contributed by atoms with Crippen LogP contribution < -0.4 is 4.72 Å². The van der Waals surface area contributed by atoms with E-state index in [9.17, 15) is 13.2 Å². The highest BCUT2D eigenvalue weighted by Gasteiger charge is 2.24. The average molecular weight is 443 g/mol. The first-order valence-electron chi connectivity index (χ1n) is 11.0. The lowest BCUT2D eigenvalue weighted by Crippen LogP contribution is -2.40. The number of carbonyl (C=O) groups excluding carboxylic acids is 1. The summed E-state index contributed by atoms with van der Waals surface area (Å²) in [6.07, 6.45) is 2.05. The maximum atomic E-state index is 12.6. The minimum atomic E-state index is -3.49. The maximum absolute atomic E-state index is 12.6. The Balaban J connectivity index is 1.67. The molecule has 1 aliphatic heterocycles. The van der Waals surface area contributed by atoms with Crippen LogP contribution in [0.15, 0.2) is 35.2 Å². The van der Waals surface area contributed by atoms with Gasteiger partial charge in [0.2, 0.25) is 10.0 Å². The number of ketones is 1. The van der Waals surface area contributed by atoms with Crippen LogP contribution in [0, 0.1) is 33.6 Å². The molecular formula is C25H34N2O3S. The molecule has 0 bridgehead atoms. The van der Waals surface area contributed by atoms with Gasteiger partial charge in [0.25, 0.3) is 0 Å². The lowest BCUT2D eigenvalue weighted by molar-refractivity contribution is 0.101. The second-order valence-corrected chi connectivity index (χ2v) is 10.7. The monoisotopic (exact) mass is 442 g/mol. The molecule has 1 unspecified atom stereocenters. The van der Waals surface area contributed by atoms with Crippen LogP contribution in [0.25, 0.3) is 0 Å². The Morgan fingerprint density at radius 2 is 1.77 bits per heavy atom. The first-order chi connectivity index (χ1) is 14.6. The lowest BCUT2D eigenvalue weighted by Gasteiger charge is -2.34. The Labute approximate surface area is 186 Å². The van der Waals surface area contributed by atoms with Gasteiger partial charge in [0.05, 0.1) is 4.90 Å². The molecule has 0 aliphatic carbocycles. The largest absolute Gasteiger partial charge is 0.299 e. The van der Waals surface area contributed by atoms with Crippen molar-refractivity contribution in [3.05, 3.63) is 63.7 Å². The van der Waals surface area contributed by atoms with Gasteiger partial charge in [-0.25, -0.2) is 13.1 Å². The highest BCUT2D eigenvalue weighted by atomic mass is 32.2. The van der Waals surface area contributed by atoms with Gasteiger partial charge in [-0.2, -0.15) is 0 Å². The third-order valence-corrected chi connectivity index (χ3v) is 7.80. The van der Waals surface area contributed by atoms with Crippen LogP contribution in [0.4, 0.5) is 0 Å². The highest BCUT2D eigenvalue weighted by molar-refractivity contribution is 7.89. The van der Waals surface area contributed by atoms with Crippen molar-refractivity contribution in [2.24, 2.45) is 5.92 Å². The van der Waals surface area contributed by atoms with E-state index in [1.165, 1.54) is 11.1 Å². The number of piperidine rings is 1. The summed E-state index contributed by atoms with van der Waals surface area (Å²) in [5, 5.41) is 0. The van der Waals surface area contributed by atoms with E-state index in [1.54, 1.807) is 19.1 Å². The molecule has 1 saturated heterocycles. The van der Waals surface area contributed by atoms with Gasteiger partial charge in [-0.05, 0) is 94.3 Å². The molecule has 1 fully saturated rings. The summed E-state index contributed by atoms with van der Waals surface area (Å²) in [6, 6.07) is 9.05. The number of aryl methyl sites for hydroxylation is 3. The lowest BCUT2D eigenvalue weighted by atomic mass is 9.90. The van der Waals surface area contributed by atoms with E-state index in [1.807, 2.05) is 32.9 Å². The zero-order chi connectivity index (χ0) is 22.8. The Morgan fingerprint density at radius 3 is 2.42 bits per heavy atom. The predicted octanol–water partition coefficient (Wildman–Crippen LogP) is 4.31. The quantitative estimate of drug-likeness (QED) is 0.649. The Bertz CT molecular complexity index is 1060. The van der Waals surface area contributed by atoms with Crippen molar-refractivity contribution in [3.8, 4) is 0 Å². The summed E-state index contributed by atoms with van der Waals surface area (Å²) in [4.78, 5) is 14.8. The molecule has 6 heteroatoms. The number of nitrogens with zero attached hydrogens (tertiary/aromatic N) is 1. The number of hydrogen-bond donors (Lipinski definition) is 1. The number of Topliss-reactive ketones (excluding diaryl/α,β-unsaturated/α-hetero) is 1. The van der Waals surface area contributed by atoms with Crippen molar-refractivity contribution in [2.75, 3.05) is 19.6 Å². The first kappa shape index (κ1) is 23.6. The van der Waals surface area contributed by atoms with Crippen LogP contribution in [-0.2, 0) is 16.6 Å². The minimum absolute atomic E-state index is 0.110. The Hall–Kier alpha value is -2.02. The zero-order valence-electron chi connectivity index (χ0n) is 19.3. The summed E-state index contributed by atoms with van der Waals surface area (Å²) < 4.78 is 28.1. The van der Waals surface area contributed by atoms with E-state index in [0.717, 1.165) is 54.7 Å². The Kier molecular flexibility index (Phi) is 7.35. The number of benzene rings is 2. The number of sulfonamides is 1. The number of rotatable bonds is 7. The van der Waals surface area contributed by atoms with Gasteiger partial charge in [-0.3, -0.25) is 9.69 Å². The molecule has 0 saturated carbocycles. The summed E-state index contributed by atoms with van der Waals surface area (Å²) in [5.74, 6) is 0.380. The topological polar surface area (TPSA) is 66.5 Å². The smallest absolute Gasteiger partial charge is 0.240 e. The summed E-state index contributed by atoms with van der Waals surface area (Å²) >= 11 is 0. The molecule has 1 heterocycles. The standard InChI is InChI=1S/C25H34N2O3S/c1-17-8-10-23(11-9-17)31(29,30)26-14-22-7-6-12-27(15-22)16-24-18(2)13-19(3)25(20(24)4)21(5)28/h8-11,13,22,26H,6-7,12,14-16H2,1-5H3. The molecule has 5 nitrogen and oxygen atoms in total. The molecule has 1 atom stereocenters.